The van der Waals surface area contributed by atoms with E-state index in [0.717, 1.165) is 26.3 Å². The first-order chi connectivity index (χ1) is 8.56. The van der Waals surface area contributed by atoms with Crippen molar-refractivity contribution in [3.05, 3.63) is 0 Å². The molecule has 0 spiro atoms. The summed E-state index contributed by atoms with van der Waals surface area (Å²) in [6.45, 7) is 12.5. The molecule has 5 nitrogen and oxygen atoms in total. The Bertz CT molecular complexity index is 178. The van der Waals surface area contributed by atoms with Crippen molar-refractivity contribution in [3.63, 3.8) is 0 Å². The second-order valence-corrected chi connectivity index (χ2v) is 5.34. The van der Waals surface area contributed by atoms with Crippen molar-refractivity contribution in [3.8, 4) is 0 Å². The zero-order chi connectivity index (χ0) is 13.8. The first-order valence-corrected chi connectivity index (χ1v) is 6.75. The minimum absolute atomic E-state index is 0.0205. The van der Waals surface area contributed by atoms with Gasteiger partial charge in [-0.2, -0.15) is 0 Å². The average molecular weight is 262 g/mol. The van der Waals surface area contributed by atoms with Crippen molar-refractivity contribution in [1.29, 1.82) is 0 Å². The van der Waals surface area contributed by atoms with E-state index in [1.807, 2.05) is 4.90 Å². The van der Waals surface area contributed by atoms with Crippen molar-refractivity contribution in [2.24, 2.45) is 11.8 Å². The first kappa shape index (κ1) is 17.8. The lowest BCUT2D eigenvalue weighted by molar-refractivity contribution is -0.0246. The van der Waals surface area contributed by atoms with Gasteiger partial charge in [0.25, 0.3) is 0 Å². The lowest BCUT2D eigenvalue weighted by atomic mass is 10.2. The van der Waals surface area contributed by atoms with Crippen LogP contribution in [0.4, 0.5) is 0 Å². The summed E-state index contributed by atoms with van der Waals surface area (Å²) in [4.78, 5) is 1.85. The zero-order valence-corrected chi connectivity index (χ0v) is 12.3. The molecule has 0 aromatic heterocycles. The first-order valence-electron chi connectivity index (χ1n) is 6.75. The summed E-state index contributed by atoms with van der Waals surface area (Å²) in [6, 6.07) is 0. The van der Waals surface area contributed by atoms with Crippen LogP contribution in [0.15, 0.2) is 0 Å². The minimum Gasteiger partial charge on any atom is -0.381 e. The molecule has 0 aromatic rings. The maximum absolute atomic E-state index is 9.15. The Balaban J connectivity index is 3.38. The summed E-state index contributed by atoms with van der Waals surface area (Å²) in [6.07, 6.45) is 0. The van der Waals surface area contributed by atoms with Gasteiger partial charge in [0, 0.05) is 13.1 Å². The molecule has 0 fully saturated rings. The van der Waals surface area contributed by atoms with Gasteiger partial charge in [0.2, 0.25) is 0 Å². The normalized spacial score (nSPS) is 12.0. The predicted octanol–water partition coefficient (Wildman–Crippen LogP) is 1.09. The molecule has 0 heterocycles. The molecule has 0 rings (SSSR count). The van der Waals surface area contributed by atoms with Crippen LogP contribution in [-0.4, -0.2) is 56.5 Å². The van der Waals surface area contributed by atoms with E-state index in [0.29, 0.717) is 25.3 Å². The Morgan fingerprint density at radius 2 is 1.67 bits per heavy atom. The number of hydrogen-bond donors (Lipinski definition) is 2. The molecule has 110 valence electrons. The highest BCUT2D eigenvalue weighted by atomic mass is 16.5. The molecule has 0 amide bonds. The van der Waals surface area contributed by atoms with Gasteiger partial charge >= 0.3 is 0 Å². The number of nitrogens with zero attached hydrogens (tertiary/aromatic N) is 1. The van der Waals surface area contributed by atoms with Crippen molar-refractivity contribution in [1.82, 2.24) is 10.2 Å². The lowest BCUT2D eigenvalue weighted by Crippen LogP contribution is -2.35. The smallest absolute Gasteiger partial charge is 0.101 e. The second-order valence-electron chi connectivity index (χ2n) is 5.34. The molecule has 0 radical (unpaired) electrons. The third kappa shape index (κ3) is 12.3. The van der Waals surface area contributed by atoms with Gasteiger partial charge in [0.1, 0.15) is 6.73 Å². The van der Waals surface area contributed by atoms with E-state index >= 15 is 0 Å². The minimum atomic E-state index is 0.0205. The van der Waals surface area contributed by atoms with E-state index < -0.39 is 0 Å². The molecule has 2 N–H and O–H groups in total. The fraction of sp³-hybridized carbons (Fsp3) is 1.00. The summed E-state index contributed by atoms with van der Waals surface area (Å²) in [5.41, 5.74) is 0. The van der Waals surface area contributed by atoms with Gasteiger partial charge in [-0.3, -0.25) is 10.2 Å². The summed E-state index contributed by atoms with van der Waals surface area (Å²) in [7, 11) is 0. The number of nitrogens with one attached hydrogen (secondary N) is 1. The molecule has 0 aliphatic rings. The standard InChI is InChI=1S/C13H30N2O3/c1-12(2)7-17-9-14-5-6-15(10-16)11-18-8-13(3)4/h12-14,16H,5-11H2,1-4H3. The van der Waals surface area contributed by atoms with Crippen molar-refractivity contribution >= 4 is 0 Å². The van der Waals surface area contributed by atoms with Crippen LogP contribution in [0.5, 0.6) is 0 Å². The molecule has 0 atom stereocenters. The molecule has 0 saturated carbocycles. The lowest BCUT2D eigenvalue weighted by Gasteiger charge is -2.20. The summed E-state index contributed by atoms with van der Waals surface area (Å²) >= 11 is 0. The Morgan fingerprint density at radius 1 is 1.06 bits per heavy atom. The van der Waals surface area contributed by atoms with Crippen LogP contribution in [0.1, 0.15) is 27.7 Å². The van der Waals surface area contributed by atoms with Crippen LogP contribution in [-0.2, 0) is 9.47 Å². The van der Waals surface area contributed by atoms with Crippen LogP contribution >= 0.6 is 0 Å². The molecular weight excluding hydrogens is 232 g/mol. The number of aliphatic hydroxyl groups is 1. The van der Waals surface area contributed by atoms with Crippen molar-refractivity contribution in [2.75, 3.05) is 46.5 Å². The van der Waals surface area contributed by atoms with Gasteiger partial charge in [0.05, 0.1) is 26.7 Å². The summed E-state index contributed by atoms with van der Waals surface area (Å²) in [5, 5.41) is 12.3. The van der Waals surface area contributed by atoms with E-state index in [4.69, 9.17) is 14.6 Å². The fourth-order valence-electron chi connectivity index (χ4n) is 1.27. The number of aliphatic hydroxyl groups excluding tert-OH is 1. The molecule has 5 heteroatoms. The topological polar surface area (TPSA) is 54.0 Å². The predicted molar refractivity (Wildman–Crippen MR) is 73.1 cm³/mol. The quantitative estimate of drug-likeness (QED) is 0.407. The SMILES string of the molecule is CC(C)COCNCCN(CO)COCC(C)C. The van der Waals surface area contributed by atoms with Gasteiger partial charge in [-0.05, 0) is 11.8 Å². The average Bonchev–Trinajstić information content (AvgIpc) is 2.30. The fourth-order valence-corrected chi connectivity index (χ4v) is 1.27. The van der Waals surface area contributed by atoms with Crippen LogP contribution in [0.2, 0.25) is 0 Å². The maximum atomic E-state index is 9.15. The molecule has 18 heavy (non-hydrogen) atoms. The second kappa shape index (κ2) is 11.9. The van der Waals surface area contributed by atoms with Gasteiger partial charge in [-0.15, -0.1) is 0 Å². The Labute approximate surface area is 111 Å². The summed E-state index contributed by atoms with van der Waals surface area (Å²) < 4.78 is 10.9. The van der Waals surface area contributed by atoms with Gasteiger partial charge < -0.3 is 14.6 Å². The maximum Gasteiger partial charge on any atom is 0.101 e. The highest BCUT2D eigenvalue weighted by molar-refractivity contribution is 4.51. The monoisotopic (exact) mass is 262 g/mol. The van der Waals surface area contributed by atoms with E-state index in [-0.39, 0.29) is 6.73 Å². The van der Waals surface area contributed by atoms with Crippen LogP contribution in [0.3, 0.4) is 0 Å². The van der Waals surface area contributed by atoms with Crippen molar-refractivity contribution in [2.45, 2.75) is 27.7 Å². The van der Waals surface area contributed by atoms with Crippen LogP contribution in [0.25, 0.3) is 0 Å². The van der Waals surface area contributed by atoms with Gasteiger partial charge in [0.15, 0.2) is 0 Å². The Kier molecular flexibility index (Phi) is 11.7. The van der Waals surface area contributed by atoms with Crippen LogP contribution in [0, 0.1) is 11.8 Å². The number of hydrogen-bond acceptors (Lipinski definition) is 5. The van der Waals surface area contributed by atoms with E-state index in [1.165, 1.54) is 0 Å². The zero-order valence-electron chi connectivity index (χ0n) is 12.3. The molecule has 0 unspecified atom stereocenters. The van der Waals surface area contributed by atoms with E-state index in [1.54, 1.807) is 0 Å². The third-order valence-electron chi connectivity index (χ3n) is 2.19. The van der Waals surface area contributed by atoms with Crippen LogP contribution < -0.4 is 5.32 Å². The van der Waals surface area contributed by atoms with E-state index in [2.05, 4.69) is 33.0 Å². The highest BCUT2D eigenvalue weighted by Gasteiger charge is 2.03. The van der Waals surface area contributed by atoms with Gasteiger partial charge in [-0.1, -0.05) is 27.7 Å². The number of ether oxygens (including phenoxy) is 2. The molecule has 0 bridgehead atoms. The highest BCUT2D eigenvalue weighted by Crippen LogP contribution is 1.94. The molecule has 0 saturated heterocycles. The van der Waals surface area contributed by atoms with Crippen molar-refractivity contribution < 1.29 is 14.6 Å². The Morgan fingerprint density at radius 3 is 2.22 bits per heavy atom. The van der Waals surface area contributed by atoms with Gasteiger partial charge in [-0.25, -0.2) is 0 Å². The molecule has 0 aromatic carbocycles. The van der Waals surface area contributed by atoms with E-state index in [9.17, 15) is 0 Å². The molecule has 0 aliphatic heterocycles. The Hall–Kier alpha value is -0.200. The summed E-state index contributed by atoms with van der Waals surface area (Å²) in [5.74, 6) is 1.08. The third-order valence-corrected chi connectivity index (χ3v) is 2.19. The number of rotatable bonds is 12. The molecular formula is C13H30N2O3. The largest absolute Gasteiger partial charge is 0.381 e. The molecule has 0 aliphatic carbocycles.